The molecule has 10 heteroatoms. The van der Waals surface area contributed by atoms with Crippen LogP contribution in [0.3, 0.4) is 0 Å². The van der Waals surface area contributed by atoms with E-state index in [1.54, 1.807) is 7.11 Å². The van der Waals surface area contributed by atoms with Gasteiger partial charge in [0, 0.05) is 60.9 Å². The van der Waals surface area contributed by atoms with Gasteiger partial charge in [-0.25, -0.2) is 4.98 Å². The number of hydrogen-bond donors (Lipinski definition) is 1. The van der Waals surface area contributed by atoms with E-state index in [-0.39, 0.29) is 11.8 Å². The molecule has 1 aliphatic carbocycles. The Morgan fingerprint density at radius 3 is 2.76 bits per heavy atom. The highest BCUT2D eigenvalue weighted by atomic mass is 35.5. The normalized spacial score (nSPS) is 20.0. The lowest BCUT2D eigenvalue weighted by molar-refractivity contribution is 0.0671. The Hall–Kier alpha value is -3.49. The minimum Gasteiger partial charge on any atom is -0.494 e. The van der Waals surface area contributed by atoms with Crippen LogP contribution in [0.1, 0.15) is 43.0 Å². The lowest BCUT2D eigenvalue weighted by atomic mass is 9.95. The number of ether oxygens (including phenoxy) is 1. The number of aromatic amines is 1. The predicted molar refractivity (Wildman–Crippen MR) is 167 cm³/mol. The van der Waals surface area contributed by atoms with E-state index in [1.807, 2.05) is 36.5 Å². The number of piperidine rings is 1. The fourth-order valence-electron chi connectivity index (χ4n) is 6.60. The van der Waals surface area contributed by atoms with E-state index in [9.17, 15) is 4.79 Å². The van der Waals surface area contributed by atoms with Gasteiger partial charge in [0.25, 0.3) is 5.91 Å². The standard InChI is InChI=1S/C32H34Cl2N6O2/c1-4-19-7-6-10-39(17-19)31(41)21-11-25-29(27(13-21)42-3)38(2)30(37-25)26-12-20-8-5-9-24(22-15-35-36-16-22)28(20)40(26)18-23-14-32(23,33)34/h5,8-9,11-13,15-16,19,23H,4,6-7,10,14,17-18H2,1-3H3,(H,35,36)/t19-,23?/m1/s1. The molecule has 2 aromatic carbocycles. The van der Waals surface area contributed by atoms with Crippen LogP contribution in [0.4, 0.5) is 0 Å². The van der Waals surface area contributed by atoms with Gasteiger partial charge >= 0.3 is 0 Å². The van der Waals surface area contributed by atoms with Crippen LogP contribution >= 0.6 is 23.2 Å². The molecule has 2 aliphatic rings. The number of likely N-dealkylation sites (tertiary alicyclic amines) is 1. The van der Waals surface area contributed by atoms with Gasteiger partial charge in [-0.2, -0.15) is 5.10 Å². The molecular weight excluding hydrogens is 571 g/mol. The summed E-state index contributed by atoms with van der Waals surface area (Å²) in [6, 6.07) is 12.2. The third kappa shape index (κ3) is 4.56. The zero-order chi connectivity index (χ0) is 29.2. The molecule has 3 aromatic heterocycles. The van der Waals surface area contributed by atoms with E-state index in [4.69, 9.17) is 32.9 Å². The van der Waals surface area contributed by atoms with Gasteiger partial charge in [-0.3, -0.25) is 9.89 Å². The fraction of sp³-hybridized carbons (Fsp3) is 0.406. The number of aryl methyl sites for hydroxylation is 1. The number of H-pyrrole nitrogens is 1. The molecule has 2 fully saturated rings. The van der Waals surface area contributed by atoms with E-state index in [0.717, 1.165) is 76.9 Å². The first-order valence-electron chi connectivity index (χ1n) is 14.6. The van der Waals surface area contributed by atoms with Gasteiger partial charge in [-0.15, -0.1) is 23.2 Å². The second-order valence-corrected chi connectivity index (χ2v) is 13.3. The number of fused-ring (bicyclic) bond motifs is 2. The van der Waals surface area contributed by atoms with Gasteiger partial charge in [0.05, 0.1) is 30.0 Å². The fourth-order valence-corrected chi connectivity index (χ4v) is 7.11. The smallest absolute Gasteiger partial charge is 0.254 e. The van der Waals surface area contributed by atoms with Gasteiger partial charge in [0.1, 0.15) is 15.6 Å². The molecule has 4 heterocycles. The van der Waals surface area contributed by atoms with Gasteiger partial charge in [-0.05, 0) is 43.4 Å². The molecule has 218 valence electrons. The number of halogens is 2. The van der Waals surface area contributed by atoms with Crippen LogP contribution in [0.15, 0.2) is 48.8 Å². The molecule has 1 saturated carbocycles. The van der Waals surface area contributed by atoms with Crippen molar-refractivity contribution in [2.75, 3.05) is 20.2 Å². The highest BCUT2D eigenvalue weighted by Gasteiger charge is 2.52. The topological polar surface area (TPSA) is 81.0 Å². The average molecular weight is 606 g/mol. The van der Waals surface area contributed by atoms with Crippen molar-refractivity contribution in [3.05, 3.63) is 54.4 Å². The summed E-state index contributed by atoms with van der Waals surface area (Å²) in [7, 11) is 3.64. The van der Waals surface area contributed by atoms with Gasteiger partial charge in [0.2, 0.25) is 0 Å². The maximum atomic E-state index is 13.6. The molecule has 1 N–H and O–H groups in total. The van der Waals surface area contributed by atoms with Crippen molar-refractivity contribution in [3.8, 4) is 28.4 Å². The molecule has 1 saturated heterocycles. The van der Waals surface area contributed by atoms with Crippen molar-refractivity contribution >= 4 is 51.0 Å². The number of alkyl halides is 2. The molecule has 0 radical (unpaired) electrons. The highest BCUT2D eigenvalue weighted by Crippen LogP contribution is 2.54. The van der Waals surface area contributed by atoms with Crippen LogP contribution in [0, 0.1) is 11.8 Å². The number of hydrogen-bond acceptors (Lipinski definition) is 4. The summed E-state index contributed by atoms with van der Waals surface area (Å²) in [5, 5.41) is 8.21. The number of aromatic nitrogens is 5. The Morgan fingerprint density at radius 2 is 2.05 bits per heavy atom. The molecule has 1 unspecified atom stereocenters. The molecule has 7 rings (SSSR count). The Balaban J connectivity index is 1.37. The summed E-state index contributed by atoms with van der Waals surface area (Å²) in [5.74, 6) is 2.12. The highest BCUT2D eigenvalue weighted by molar-refractivity contribution is 6.50. The Morgan fingerprint density at radius 1 is 1.21 bits per heavy atom. The first-order valence-corrected chi connectivity index (χ1v) is 15.4. The molecule has 8 nitrogen and oxygen atoms in total. The van der Waals surface area contributed by atoms with E-state index >= 15 is 0 Å². The first-order chi connectivity index (χ1) is 20.3. The van der Waals surface area contributed by atoms with E-state index in [1.165, 1.54) is 6.42 Å². The molecule has 5 aromatic rings. The Kier molecular flexibility index (Phi) is 6.74. The third-order valence-electron chi connectivity index (χ3n) is 9.10. The lowest BCUT2D eigenvalue weighted by Crippen LogP contribution is -2.39. The minimum absolute atomic E-state index is 0.0359. The maximum Gasteiger partial charge on any atom is 0.254 e. The number of nitrogens with zero attached hydrogens (tertiary/aromatic N) is 5. The largest absolute Gasteiger partial charge is 0.494 e. The van der Waals surface area contributed by atoms with Crippen LogP contribution in [-0.4, -0.2) is 59.7 Å². The van der Waals surface area contributed by atoms with Gasteiger partial charge < -0.3 is 18.8 Å². The van der Waals surface area contributed by atoms with Crippen LogP contribution in [-0.2, 0) is 13.6 Å². The number of imidazole rings is 1. The Labute approximate surface area is 254 Å². The number of benzene rings is 2. The van der Waals surface area contributed by atoms with E-state index < -0.39 is 4.33 Å². The zero-order valence-electron chi connectivity index (χ0n) is 24.0. The first kappa shape index (κ1) is 27.3. The molecule has 2 atom stereocenters. The van der Waals surface area contributed by atoms with Crippen LogP contribution < -0.4 is 4.74 Å². The summed E-state index contributed by atoms with van der Waals surface area (Å²) >= 11 is 13.1. The van der Waals surface area contributed by atoms with Crippen LogP contribution in [0.2, 0.25) is 0 Å². The number of nitrogens with one attached hydrogen (secondary N) is 1. The summed E-state index contributed by atoms with van der Waals surface area (Å²) in [6.07, 6.45) is 7.77. The number of amides is 1. The second-order valence-electron chi connectivity index (χ2n) is 11.7. The van der Waals surface area contributed by atoms with Crippen molar-refractivity contribution in [1.82, 2.24) is 29.2 Å². The summed E-state index contributed by atoms with van der Waals surface area (Å²) in [6.45, 7) is 4.43. The van der Waals surface area contributed by atoms with Crippen LogP contribution in [0.25, 0.3) is 44.6 Å². The SMILES string of the molecule is CC[C@@H]1CCCN(C(=O)c2cc(OC)c3c(c2)nc(-c2cc4cccc(-c5cn[nH]c5)c4n2CC2CC2(Cl)Cl)n3C)C1. The summed E-state index contributed by atoms with van der Waals surface area (Å²) < 4.78 is 9.47. The van der Waals surface area contributed by atoms with E-state index in [0.29, 0.717) is 23.8 Å². The molecule has 1 amide bonds. The van der Waals surface area contributed by atoms with Crippen molar-refractivity contribution in [2.24, 2.45) is 18.9 Å². The molecule has 0 bridgehead atoms. The quantitative estimate of drug-likeness (QED) is 0.202. The Bertz CT molecular complexity index is 1800. The average Bonchev–Trinajstić information content (AvgIpc) is 3.45. The number of carbonyl (C=O) groups is 1. The molecular formula is C32H34Cl2N6O2. The monoisotopic (exact) mass is 604 g/mol. The van der Waals surface area contributed by atoms with Gasteiger partial charge in [0.15, 0.2) is 5.82 Å². The van der Waals surface area contributed by atoms with E-state index in [2.05, 4.69) is 50.5 Å². The third-order valence-corrected chi connectivity index (χ3v) is 10.0. The molecule has 42 heavy (non-hydrogen) atoms. The number of carbonyl (C=O) groups excluding carboxylic acids is 1. The van der Waals surface area contributed by atoms with Crippen LogP contribution in [0.5, 0.6) is 5.75 Å². The summed E-state index contributed by atoms with van der Waals surface area (Å²) in [4.78, 5) is 20.8. The molecule has 0 spiro atoms. The predicted octanol–water partition coefficient (Wildman–Crippen LogP) is 7.05. The number of methoxy groups -OCH3 is 1. The van der Waals surface area contributed by atoms with Crippen molar-refractivity contribution < 1.29 is 9.53 Å². The van der Waals surface area contributed by atoms with Crippen molar-refractivity contribution in [1.29, 1.82) is 0 Å². The second kappa shape index (κ2) is 10.3. The summed E-state index contributed by atoms with van der Waals surface area (Å²) in [5.41, 5.74) is 6.28. The van der Waals surface area contributed by atoms with Gasteiger partial charge in [-0.1, -0.05) is 31.5 Å². The zero-order valence-corrected chi connectivity index (χ0v) is 25.5. The van der Waals surface area contributed by atoms with Crippen molar-refractivity contribution in [2.45, 2.75) is 43.5 Å². The maximum absolute atomic E-state index is 13.6. The lowest BCUT2D eigenvalue weighted by Gasteiger charge is -2.32. The van der Waals surface area contributed by atoms with Crippen molar-refractivity contribution in [3.63, 3.8) is 0 Å². The minimum atomic E-state index is -0.728. The number of para-hydroxylation sites is 1. The molecule has 1 aliphatic heterocycles. The number of rotatable bonds is 7.